The Hall–Kier alpha value is -4.05. The minimum atomic E-state index is -0.300. The lowest BCUT2D eigenvalue weighted by Crippen LogP contribution is -2.46. The van der Waals surface area contributed by atoms with E-state index in [1.165, 1.54) is 28.3 Å². The van der Waals surface area contributed by atoms with Crippen LogP contribution in [0.2, 0.25) is 0 Å². The van der Waals surface area contributed by atoms with Gasteiger partial charge in [0.15, 0.2) is 0 Å². The number of benzene rings is 2. The Kier molecular flexibility index (Phi) is 4.94. The molecule has 0 atom stereocenters. The summed E-state index contributed by atoms with van der Waals surface area (Å²) in [6.07, 6.45) is 1.66. The molecule has 0 bridgehead atoms. The van der Waals surface area contributed by atoms with Gasteiger partial charge < -0.3 is 5.73 Å². The van der Waals surface area contributed by atoms with Crippen molar-refractivity contribution in [2.75, 3.05) is 12.8 Å². The molecule has 0 radical (unpaired) electrons. The Morgan fingerprint density at radius 3 is 2.70 bits per heavy atom. The molecule has 9 nitrogen and oxygen atoms in total. The third-order valence-electron chi connectivity index (χ3n) is 5.73. The number of anilines is 1. The van der Waals surface area contributed by atoms with E-state index in [1.807, 2.05) is 25.2 Å². The van der Waals surface area contributed by atoms with Crippen molar-refractivity contribution in [3.63, 3.8) is 0 Å². The van der Waals surface area contributed by atoms with E-state index in [1.54, 1.807) is 41.6 Å². The van der Waals surface area contributed by atoms with Crippen molar-refractivity contribution in [2.24, 2.45) is 7.05 Å². The lowest BCUT2D eigenvalue weighted by atomic mass is 10.1. The fourth-order valence-electron chi connectivity index (χ4n) is 3.89. The van der Waals surface area contributed by atoms with Gasteiger partial charge in [-0.2, -0.15) is 5.10 Å². The molecular formula is C23H21N7O2S. The van der Waals surface area contributed by atoms with Gasteiger partial charge in [0.2, 0.25) is 5.91 Å². The largest absolute Gasteiger partial charge is 0.383 e. The van der Waals surface area contributed by atoms with Gasteiger partial charge in [0.05, 0.1) is 44.9 Å². The predicted octanol–water partition coefficient (Wildman–Crippen LogP) is 3.35. The Bertz CT molecular complexity index is 1560. The topological polar surface area (TPSA) is 110 Å². The number of nitrogens with two attached hydrogens (primary N) is 1. The van der Waals surface area contributed by atoms with E-state index in [0.717, 1.165) is 32.1 Å². The van der Waals surface area contributed by atoms with Crippen LogP contribution in [0.5, 0.6) is 0 Å². The molecule has 2 aromatic carbocycles. The number of aryl methyl sites for hydroxylation is 1. The Balaban J connectivity index is 1.58. The molecule has 10 heteroatoms. The van der Waals surface area contributed by atoms with E-state index in [0.29, 0.717) is 16.9 Å². The van der Waals surface area contributed by atoms with E-state index in [2.05, 4.69) is 15.1 Å². The summed E-state index contributed by atoms with van der Waals surface area (Å²) < 4.78 is 2.74. The highest BCUT2D eigenvalue weighted by Crippen LogP contribution is 2.29. The number of hydrogen-bond acceptors (Lipinski definition) is 7. The second-order valence-corrected chi connectivity index (χ2v) is 8.71. The maximum Gasteiger partial charge on any atom is 0.272 e. The number of fused-ring (bicyclic) bond motifs is 4. The molecule has 0 aliphatic rings. The molecule has 5 aromatic rings. The predicted molar refractivity (Wildman–Crippen MR) is 128 cm³/mol. The van der Waals surface area contributed by atoms with Gasteiger partial charge in [-0.1, -0.05) is 6.07 Å². The molecule has 0 spiro atoms. The van der Waals surface area contributed by atoms with Gasteiger partial charge >= 0.3 is 0 Å². The summed E-state index contributed by atoms with van der Waals surface area (Å²) in [6, 6.07) is 11.1. The van der Waals surface area contributed by atoms with Crippen LogP contribution in [-0.2, 0) is 18.4 Å². The van der Waals surface area contributed by atoms with E-state index in [4.69, 9.17) is 5.73 Å². The number of hydrogen-bond donors (Lipinski definition) is 1. The molecule has 0 fully saturated rings. The van der Waals surface area contributed by atoms with Crippen molar-refractivity contribution in [3.8, 4) is 0 Å². The average Bonchev–Trinajstić information content (AvgIpc) is 3.43. The Labute approximate surface area is 193 Å². The molecule has 0 aliphatic heterocycles. The lowest BCUT2D eigenvalue weighted by Gasteiger charge is -2.31. The van der Waals surface area contributed by atoms with Gasteiger partial charge in [0, 0.05) is 32.0 Å². The van der Waals surface area contributed by atoms with Crippen LogP contribution in [0.15, 0.2) is 48.1 Å². The number of pyridine rings is 1. The minimum absolute atomic E-state index is 0.238. The smallest absolute Gasteiger partial charge is 0.272 e. The van der Waals surface area contributed by atoms with Gasteiger partial charge in [-0.3, -0.25) is 19.3 Å². The fourth-order valence-corrected chi connectivity index (χ4v) is 4.64. The van der Waals surface area contributed by atoms with Crippen molar-refractivity contribution in [3.05, 3.63) is 59.2 Å². The highest BCUT2D eigenvalue weighted by molar-refractivity contribution is 7.16. The second kappa shape index (κ2) is 7.82. The maximum atomic E-state index is 13.6. The zero-order valence-corrected chi connectivity index (χ0v) is 19.1. The minimum Gasteiger partial charge on any atom is -0.383 e. The molecule has 3 heterocycles. The first kappa shape index (κ1) is 20.8. The molecular weight excluding hydrogens is 438 g/mol. The fraction of sp³-hybridized carbons (Fsp3) is 0.174. The number of amides is 2. The van der Waals surface area contributed by atoms with Gasteiger partial charge in [-0.05, 0) is 35.9 Å². The molecule has 3 aromatic heterocycles. The normalized spacial score (nSPS) is 11.4. The molecule has 0 saturated carbocycles. The van der Waals surface area contributed by atoms with Crippen LogP contribution in [0, 0.1) is 0 Å². The number of carbonyl (C=O) groups is 2. The summed E-state index contributed by atoms with van der Waals surface area (Å²) in [4.78, 5) is 34.6. The van der Waals surface area contributed by atoms with Crippen LogP contribution in [0.3, 0.4) is 0 Å². The summed E-state index contributed by atoms with van der Waals surface area (Å²) in [5, 5.41) is 8.56. The van der Waals surface area contributed by atoms with Crippen molar-refractivity contribution in [2.45, 2.75) is 13.5 Å². The van der Waals surface area contributed by atoms with E-state index >= 15 is 0 Å². The van der Waals surface area contributed by atoms with E-state index < -0.39 is 0 Å². The van der Waals surface area contributed by atoms with Gasteiger partial charge in [-0.15, -0.1) is 11.3 Å². The van der Waals surface area contributed by atoms with Crippen LogP contribution in [0.25, 0.3) is 32.0 Å². The first-order valence-corrected chi connectivity index (χ1v) is 11.1. The summed E-state index contributed by atoms with van der Waals surface area (Å²) >= 11 is 1.53. The number of rotatable bonds is 3. The highest BCUT2D eigenvalue weighted by Gasteiger charge is 2.24. The molecule has 166 valence electrons. The highest BCUT2D eigenvalue weighted by atomic mass is 32.1. The molecule has 0 aliphatic carbocycles. The molecule has 2 amide bonds. The molecule has 33 heavy (non-hydrogen) atoms. The third kappa shape index (κ3) is 3.54. The van der Waals surface area contributed by atoms with Crippen molar-refractivity contribution >= 4 is 61.0 Å². The summed E-state index contributed by atoms with van der Waals surface area (Å²) in [6.45, 7) is 1.67. The number of thiazole rings is 1. The first-order valence-electron chi connectivity index (χ1n) is 10.2. The number of aromatic nitrogens is 4. The van der Waals surface area contributed by atoms with Crippen LogP contribution in [0.4, 0.5) is 5.82 Å². The van der Waals surface area contributed by atoms with Crippen LogP contribution in [-0.4, -0.2) is 48.6 Å². The van der Waals surface area contributed by atoms with Gasteiger partial charge in [0.1, 0.15) is 5.82 Å². The molecule has 0 saturated heterocycles. The van der Waals surface area contributed by atoms with E-state index in [-0.39, 0.29) is 18.4 Å². The van der Waals surface area contributed by atoms with E-state index in [9.17, 15) is 9.59 Å². The SMILES string of the molecule is CC(=O)N(C)N(Cc1ccc2ncsc2c1)C(=O)c1ccc2nc(N)c3cnn(C)c3c2c1. The lowest BCUT2D eigenvalue weighted by molar-refractivity contribution is -0.140. The number of hydrazine groups is 1. The summed E-state index contributed by atoms with van der Waals surface area (Å²) in [5.41, 5.74) is 11.6. The molecule has 0 unspecified atom stereocenters. The van der Waals surface area contributed by atoms with Crippen LogP contribution in [0.1, 0.15) is 22.8 Å². The quantitative estimate of drug-likeness (QED) is 0.414. The standard InChI is InChI=1S/C23H21N7O2S/c1-13(31)29(3)30(11-14-4-6-19-20(8-14)33-12-25-19)23(32)15-5-7-18-16(9-15)21-17(22(24)27-18)10-26-28(21)2/h4-10,12H,11H2,1-3H3,(H2,24,27). The van der Waals surface area contributed by atoms with Crippen LogP contribution >= 0.6 is 11.3 Å². The maximum absolute atomic E-state index is 13.6. The summed E-state index contributed by atoms with van der Waals surface area (Å²) in [5.74, 6) is -0.154. The van der Waals surface area contributed by atoms with Crippen molar-refractivity contribution in [1.82, 2.24) is 29.8 Å². The van der Waals surface area contributed by atoms with Crippen LogP contribution < -0.4 is 5.73 Å². The van der Waals surface area contributed by atoms with Gasteiger partial charge in [-0.25, -0.2) is 15.0 Å². The summed E-state index contributed by atoms with van der Waals surface area (Å²) in [7, 11) is 3.41. The number of carbonyl (C=O) groups excluding carboxylic acids is 2. The molecule has 5 rings (SSSR count). The Morgan fingerprint density at radius 2 is 1.91 bits per heavy atom. The zero-order chi connectivity index (χ0) is 23.3. The zero-order valence-electron chi connectivity index (χ0n) is 18.3. The third-order valence-corrected chi connectivity index (χ3v) is 6.53. The van der Waals surface area contributed by atoms with Crippen molar-refractivity contribution in [1.29, 1.82) is 0 Å². The molecule has 2 N–H and O–H groups in total. The number of nitrogen functional groups attached to an aromatic ring is 1. The monoisotopic (exact) mass is 459 g/mol. The number of nitrogens with zero attached hydrogens (tertiary/aromatic N) is 6. The first-order chi connectivity index (χ1) is 15.8. The van der Waals surface area contributed by atoms with Crippen molar-refractivity contribution < 1.29 is 9.59 Å². The van der Waals surface area contributed by atoms with Gasteiger partial charge in [0.25, 0.3) is 5.91 Å². The second-order valence-electron chi connectivity index (χ2n) is 7.82. The average molecular weight is 460 g/mol. The Morgan fingerprint density at radius 1 is 1.12 bits per heavy atom.